The lowest BCUT2D eigenvalue weighted by Crippen LogP contribution is -2.41. The maximum atomic E-state index is 14.7. The van der Waals surface area contributed by atoms with Crippen molar-refractivity contribution < 1.29 is 36.6 Å². The number of anilines is 2. The number of carbonyl (C=O) groups is 1. The Morgan fingerprint density at radius 3 is 2.41 bits per heavy atom. The molecule has 242 valence electrons. The summed E-state index contributed by atoms with van der Waals surface area (Å²) in [6, 6.07) is 9.49. The molecule has 0 radical (unpaired) electrons. The highest BCUT2D eigenvalue weighted by Gasteiger charge is 2.46. The van der Waals surface area contributed by atoms with Gasteiger partial charge in [-0.25, -0.2) is 13.5 Å². The van der Waals surface area contributed by atoms with E-state index in [-0.39, 0.29) is 34.0 Å². The van der Waals surface area contributed by atoms with E-state index in [2.05, 4.69) is 20.4 Å². The summed E-state index contributed by atoms with van der Waals surface area (Å²) in [5.74, 6) is -3.43. The van der Waals surface area contributed by atoms with Crippen LogP contribution in [0, 0.1) is 24.0 Å². The molecule has 6 rings (SSSR count). The number of nitrogens with zero attached hydrogens (tertiary/aromatic N) is 5. The maximum absolute atomic E-state index is 14.7. The van der Waals surface area contributed by atoms with Crippen LogP contribution in [0.15, 0.2) is 54.7 Å². The highest BCUT2D eigenvalue weighted by Crippen LogP contribution is 2.43. The first-order chi connectivity index (χ1) is 21.8. The van der Waals surface area contributed by atoms with Gasteiger partial charge in [-0.2, -0.15) is 28.2 Å². The van der Waals surface area contributed by atoms with Gasteiger partial charge in [0.25, 0.3) is 0 Å². The van der Waals surface area contributed by atoms with Gasteiger partial charge >= 0.3 is 12.1 Å². The van der Waals surface area contributed by atoms with Gasteiger partial charge in [0.2, 0.25) is 17.9 Å². The van der Waals surface area contributed by atoms with E-state index in [1.807, 2.05) is 4.90 Å². The van der Waals surface area contributed by atoms with Crippen molar-refractivity contribution in [1.82, 2.24) is 25.1 Å². The van der Waals surface area contributed by atoms with Gasteiger partial charge in [-0.15, -0.1) is 0 Å². The van der Waals surface area contributed by atoms with E-state index in [4.69, 9.17) is 10.5 Å². The molecule has 46 heavy (non-hydrogen) atoms. The molecule has 4 aromatic rings. The van der Waals surface area contributed by atoms with Gasteiger partial charge in [-0.05, 0) is 67.0 Å². The standard InChI is InChI=1S/C31H30F5N7O3/c1-17-6-9-43(41-17)24-13-19(18-3-5-21(32)22(33)12-18)2-4-20(24)27(31(34,35)36)46-26-14-25(39-29(37)40-26)42-10-7-30(8-11-42)15-23(28(44)45)38-16-30/h2-6,9,12-14,23,27,38H,7-8,10-11,15-16H2,1H3,(H,44,45)(H2,37,39,40)/t23-,27+/m0/s1. The molecule has 2 saturated heterocycles. The third-order valence-corrected chi connectivity index (χ3v) is 8.58. The summed E-state index contributed by atoms with van der Waals surface area (Å²) in [4.78, 5) is 21.5. The number of halogens is 5. The SMILES string of the molecule is Cc1ccn(-c2cc(-c3ccc(F)c(F)c3)ccc2[C@@H](Oc2cc(N3CCC4(CC3)CN[C@H](C(=O)O)C4)nc(N)n2)C(F)(F)F)n1. The molecule has 2 fully saturated rings. The number of alkyl halides is 3. The van der Waals surface area contributed by atoms with Gasteiger partial charge < -0.3 is 25.8 Å². The van der Waals surface area contributed by atoms with E-state index >= 15 is 0 Å². The van der Waals surface area contributed by atoms with Crippen LogP contribution in [0.25, 0.3) is 16.8 Å². The molecule has 0 unspecified atom stereocenters. The van der Waals surface area contributed by atoms with E-state index in [0.29, 0.717) is 50.2 Å². The third-order valence-electron chi connectivity index (χ3n) is 8.58. The van der Waals surface area contributed by atoms with Gasteiger partial charge in [-0.3, -0.25) is 4.79 Å². The smallest absolute Gasteiger partial charge is 0.429 e. The van der Waals surface area contributed by atoms with Crippen LogP contribution < -0.4 is 20.7 Å². The number of ether oxygens (including phenoxy) is 1. The lowest BCUT2D eigenvalue weighted by Gasteiger charge is -2.39. The van der Waals surface area contributed by atoms with E-state index in [0.717, 1.165) is 12.1 Å². The number of nitrogen functional groups attached to an aromatic ring is 1. The summed E-state index contributed by atoms with van der Waals surface area (Å²) in [6.07, 6.45) is -4.14. The first-order valence-electron chi connectivity index (χ1n) is 14.5. The molecule has 0 aliphatic carbocycles. The molecular formula is C31H30F5N7O3. The van der Waals surface area contributed by atoms with Crippen molar-refractivity contribution in [2.45, 2.75) is 44.5 Å². The zero-order valence-corrected chi connectivity index (χ0v) is 24.6. The molecule has 0 amide bonds. The second-order valence-electron chi connectivity index (χ2n) is 11.7. The van der Waals surface area contributed by atoms with Crippen LogP contribution in [-0.2, 0) is 4.79 Å². The van der Waals surface area contributed by atoms with E-state index in [9.17, 15) is 31.9 Å². The molecule has 2 aromatic carbocycles. The highest BCUT2D eigenvalue weighted by molar-refractivity contribution is 5.74. The molecule has 2 aliphatic rings. The summed E-state index contributed by atoms with van der Waals surface area (Å²) >= 11 is 0. The minimum absolute atomic E-state index is 0.00563. The van der Waals surface area contributed by atoms with Crippen LogP contribution in [-0.4, -0.2) is 62.7 Å². The van der Waals surface area contributed by atoms with Crippen molar-refractivity contribution in [2.75, 3.05) is 30.3 Å². The van der Waals surface area contributed by atoms with Crippen molar-refractivity contribution in [3.63, 3.8) is 0 Å². The summed E-state index contributed by atoms with van der Waals surface area (Å²) in [7, 11) is 0. The van der Waals surface area contributed by atoms with E-state index < -0.39 is 41.8 Å². The number of nitrogens with two attached hydrogens (primary N) is 1. The highest BCUT2D eigenvalue weighted by atomic mass is 19.4. The fraction of sp³-hybridized carbons (Fsp3) is 0.355. The number of piperidine rings is 1. The van der Waals surface area contributed by atoms with Crippen molar-refractivity contribution >= 4 is 17.7 Å². The number of nitrogens with one attached hydrogen (secondary N) is 1. The van der Waals surface area contributed by atoms with Crippen LogP contribution >= 0.6 is 0 Å². The average Bonchev–Trinajstić information content (AvgIpc) is 3.63. The molecule has 0 bridgehead atoms. The van der Waals surface area contributed by atoms with Crippen LogP contribution in [0.2, 0.25) is 0 Å². The quantitative estimate of drug-likeness (QED) is 0.232. The number of hydrogen-bond acceptors (Lipinski definition) is 8. The lowest BCUT2D eigenvalue weighted by atomic mass is 9.76. The monoisotopic (exact) mass is 643 g/mol. The second-order valence-corrected chi connectivity index (χ2v) is 11.7. The van der Waals surface area contributed by atoms with E-state index in [1.54, 1.807) is 13.0 Å². The van der Waals surface area contributed by atoms with Crippen molar-refractivity contribution in [3.05, 3.63) is 77.6 Å². The molecule has 0 saturated carbocycles. The lowest BCUT2D eigenvalue weighted by molar-refractivity contribution is -0.198. The number of aromatic nitrogens is 4. The Kier molecular flexibility index (Phi) is 8.04. The molecule has 4 N–H and O–H groups in total. The number of rotatable bonds is 7. The predicted octanol–water partition coefficient (Wildman–Crippen LogP) is 5.21. The minimum Gasteiger partial charge on any atom is -0.480 e. The first-order valence-corrected chi connectivity index (χ1v) is 14.5. The molecule has 15 heteroatoms. The summed E-state index contributed by atoms with van der Waals surface area (Å²) in [6.45, 7) is 3.22. The largest absolute Gasteiger partial charge is 0.480 e. The van der Waals surface area contributed by atoms with Crippen molar-refractivity contribution in [1.29, 1.82) is 0 Å². The first kappa shape index (κ1) is 31.2. The molecule has 2 aliphatic heterocycles. The maximum Gasteiger partial charge on any atom is 0.429 e. The second kappa shape index (κ2) is 11.9. The predicted molar refractivity (Wildman–Crippen MR) is 157 cm³/mol. The Morgan fingerprint density at radius 1 is 1.07 bits per heavy atom. The van der Waals surface area contributed by atoms with Crippen LogP contribution in [0.3, 0.4) is 0 Å². The third kappa shape index (κ3) is 6.32. The number of carboxylic acid groups (broad SMARTS) is 1. The van der Waals surface area contributed by atoms with Gasteiger partial charge in [0.1, 0.15) is 11.9 Å². The number of benzene rings is 2. The summed E-state index contributed by atoms with van der Waals surface area (Å²) in [5.41, 5.74) is 6.57. The van der Waals surface area contributed by atoms with Crippen LogP contribution in [0.1, 0.15) is 36.6 Å². The minimum atomic E-state index is -4.92. The fourth-order valence-electron chi connectivity index (χ4n) is 6.13. The van der Waals surface area contributed by atoms with Crippen LogP contribution in [0.4, 0.5) is 33.7 Å². The summed E-state index contributed by atoms with van der Waals surface area (Å²) < 4.78 is 78.6. The van der Waals surface area contributed by atoms with Gasteiger partial charge in [-0.1, -0.05) is 18.2 Å². The van der Waals surface area contributed by atoms with Crippen LogP contribution in [0.5, 0.6) is 5.88 Å². The zero-order valence-electron chi connectivity index (χ0n) is 24.6. The number of aryl methyl sites for hydroxylation is 1. The van der Waals surface area contributed by atoms with Crippen molar-refractivity contribution in [2.24, 2.45) is 5.41 Å². The number of aliphatic carboxylic acids is 1. The molecule has 4 heterocycles. The van der Waals surface area contributed by atoms with Gasteiger partial charge in [0.15, 0.2) is 11.6 Å². The Morgan fingerprint density at radius 2 is 1.78 bits per heavy atom. The molecule has 10 nitrogen and oxygen atoms in total. The number of carboxylic acids is 1. The fourth-order valence-corrected chi connectivity index (χ4v) is 6.13. The van der Waals surface area contributed by atoms with Gasteiger partial charge in [0.05, 0.1) is 11.4 Å². The Hall–Kier alpha value is -4.79. The topological polar surface area (TPSA) is 131 Å². The summed E-state index contributed by atoms with van der Waals surface area (Å²) in [5, 5.41) is 16.7. The Labute approximate surface area is 260 Å². The molecule has 1 spiro atoms. The molecular weight excluding hydrogens is 613 g/mol. The normalized spacial score (nSPS) is 18.6. The molecule has 2 aromatic heterocycles. The van der Waals surface area contributed by atoms with Crippen molar-refractivity contribution in [3.8, 4) is 22.7 Å². The Bertz CT molecular complexity index is 1770. The van der Waals surface area contributed by atoms with E-state index in [1.165, 1.54) is 41.2 Å². The Balaban J connectivity index is 1.31. The average molecular weight is 644 g/mol. The van der Waals surface area contributed by atoms with Gasteiger partial charge in [0, 0.05) is 37.5 Å². The zero-order chi connectivity index (χ0) is 32.8. The molecule has 2 atom stereocenters. The number of hydrogen-bond donors (Lipinski definition) is 3.